The largest absolute Gasteiger partial charge is 0.444 e. The molecule has 4 aromatic carbocycles. The van der Waals surface area contributed by atoms with Crippen LogP contribution >= 0.6 is 0 Å². The van der Waals surface area contributed by atoms with Gasteiger partial charge in [0.05, 0.1) is 0 Å². The van der Waals surface area contributed by atoms with Crippen LogP contribution in [0.3, 0.4) is 0 Å². The Labute approximate surface area is 265 Å². The zero-order valence-electron chi connectivity index (χ0n) is 26.1. The SMILES string of the molecule is C#Cc1ccccc1C(C(=O)Nc1ccc2ccccc2c1)N(C(=O)C(Cc1ccccc1)NC(=O)OC(C)(C)C)C1CC1C. The summed E-state index contributed by atoms with van der Waals surface area (Å²) in [5, 5.41) is 7.91. The van der Waals surface area contributed by atoms with E-state index >= 15 is 0 Å². The van der Waals surface area contributed by atoms with E-state index in [2.05, 4.69) is 16.6 Å². The first kappa shape index (κ1) is 31.3. The summed E-state index contributed by atoms with van der Waals surface area (Å²) in [4.78, 5) is 43.8. The normalized spacial score (nSPS) is 17.0. The minimum absolute atomic E-state index is 0.154. The second-order valence-electron chi connectivity index (χ2n) is 12.6. The van der Waals surface area contributed by atoms with Crippen molar-refractivity contribution in [3.05, 3.63) is 114 Å². The van der Waals surface area contributed by atoms with Gasteiger partial charge in [-0.1, -0.05) is 91.7 Å². The maximum absolute atomic E-state index is 14.7. The molecule has 3 amide bonds. The number of nitrogens with one attached hydrogen (secondary N) is 2. The first-order valence-corrected chi connectivity index (χ1v) is 15.2. The molecule has 4 atom stereocenters. The highest BCUT2D eigenvalue weighted by atomic mass is 16.6. The zero-order chi connectivity index (χ0) is 32.1. The zero-order valence-corrected chi connectivity index (χ0v) is 26.1. The lowest BCUT2D eigenvalue weighted by molar-refractivity contribution is -0.141. The molecule has 45 heavy (non-hydrogen) atoms. The van der Waals surface area contributed by atoms with Crippen molar-refractivity contribution in [1.82, 2.24) is 10.2 Å². The number of anilines is 1. The number of carbonyl (C=O) groups is 3. The molecule has 0 aromatic heterocycles. The fraction of sp³-hybridized carbons (Fsp3) is 0.289. The van der Waals surface area contributed by atoms with Crippen LogP contribution in [0.15, 0.2) is 97.1 Å². The number of alkyl carbamates (subject to hydrolysis) is 1. The molecular weight excluding hydrogens is 562 g/mol. The van der Waals surface area contributed by atoms with Gasteiger partial charge in [0.15, 0.2) is 0 Å². The van der Waals surface area contributed by atoms with Gasteiger partial charge in [-0.15, -0.1) is 6.42 Å². The molecule has 0 radical (unpaired) electrons. The van der Waals surface area contributed by atoms with Crippen molar-refractivity contribution < 1.29 is 19.1 Å². The summed E-state index contributed by atoms with van der Waals surface area (Å²) in [6.45, 7) is 7.35. The fourth-order valence-electron chi connectivity index (χ4n) is 5.61. The van der Waals surface area contributed by atoms with Crippen LogP contribution in [0.2, 0.25) is 0 Å². The quantitative estimate of drug-likeness (QED) is 0.205. The molecule has 7 heteroatoms. The van der Waals surface area contributed by atoms with E-state index in [1.165, 1.54) is 0 Å². The Kier molecular flexibility index (Phi) is 9.24. The summed E-state index contributed by atoms with van der Waals surface area (Å²) in [6.07, 6.45) is 6.15. The topological polar surface area (TPSA) is 87.7 Å². The number of benzene rings is 4. The smallest absolute Gasteiger partial charge is 0.408 e. The predicted molar refractivity (Wildman–Crippen MR) is 177 cm³/mol. The molecule has 230 valence electrons. The van der Waals surface area contributed by atoms with Gasteiger partial charge in [0.25, 0.3) is 5.91 Å². The van der Waals surface area contributed by atoms with Gasteiger partial charge < -0.3 is 20.3 Å². The van der Waals surface area contributed by atoms with Crippen LogP contribution in [-0.4, -0.2) is 40.5 Å². The number of ether oxygens (including phenoxy) is 1. The van der Waals surface area contributed by atoms with Crippen molar-refractivity contribution in [1.29, 1.82) is 0 Å². The Hall–Kier alpha value is -5.09. The highest BCUT2D eigenvalue weighted by molar-refractivity contribution is 6.01. The number of rotatable bonds is 9. The van der Waals surface area contributed by atoms with Crippen molar-refractivity contribution in [2.24, 2.45) is 5.92 Å². The van der Waals surface area contributed by atoms with E-state index in [9.17, 15) is 14.4 Å². The number of terminal acetylenes is 1. The van der Waals surface area contributed by atoms with Crippen molar-refractivity contribution in [2.45, 2.75) is 64.3 Å². The Morgan fingerprint density at radius 1 is 0.933 bits per heavy atom. The molecule has 0 spiro atoms. The van der Waals surface area contributed by atoms with E-state index in [1.807, 2.05) is 91.9 Å². The maximum Gasteiger partial charge on any atom is 0.408 e. The Balaban J connectivity index is 1.56. The number of carbonyl (C=O) groups excluding carboxylic acids is 3. The molecule has 1 aliphatic rings. The van der Waals surface area contributed by atoms with Crippen LogP contribution in [0.25, 0.3) is 10.8 Å². The predicted octanol–water partition coefficient (Wildman–Crippen LogP) is 6.87. The molecule has 1 aliphatic carbocycles. The van der Waals surface area contributed by atoms with Crippen molar-refractivity contribution in [3.8, 4) is 12.3 Å². The molecule has 0 aliphatic heterocycles. The van der Waals surface area contributed by atoms with E-state index in [0.29, 0.717) is 23.2 Å². The third kappa shape index (κ3) is 7.71. The third-order valence-electron chi connectivity index (χ3n) is 7.90. The lowest BCUT2D eigenvalue weighted by Gasteiger charge is -2.35. The molecule has 0 saturated heterocycles. The van der Waals surface area contributed by atoms with Crippen LogP contribution in [0.4, 0.5) is 10.5 Å². The lowest BCUT2D eigenvalue weighted by atomic mass is 9.96. The standard InChI is InChI=1S/C38H39N3O4/c1-6-27-16-12-13-19-31(27)34(35(42)39-30-21-20-28-17-10-11-18-29(28)24-30)41(33-22-25(33)2)36(43)32(23-26-14-8-7-9-15-26)40-37(44)45-38(3,4)5/h1,7-21,24-25,32-34H,22-23H2,2-5H3,(H,39,42)(H,40,44). The monoisotopic (exact) mass is 601 g/mol. The van der Waals surface area contributed by atoms with Crippen LogP contribution in [0.5, 0.6) is 0 Å². The van der Waals surface area contributed by atoms with Crippen LogP contribution in [0.1, 0.15) is 56.8 Å². The minimum Gasteiger partial charge on any atom is -0.444 e. The van der Waals surface area contributed by atoms with Crippen LogP contribution in [-0.2, 0) is 20.7 Å². The average molecular weight is 602 g/mol. The molecule has 1 saturated carbocycles. The van der Waals surface area contributed by atoms with E-state index in [4.69, 9.17) is 11.2 Å². The second kappa shape index (κ2) is 13.3. The molecule has 0 bridgehead atoms. The summed E-state index contributed by atoms with van der Waals surface area (Å²) < 4.78 is 5.55. The summed E-state index contributed by atoms with van der Waals surface area (Å²) in [6, 6.07) is 28.0. The first-order valence-electron chi connectivity index (χ1n) is 15.2. The Morgan fingerprint density at radius 3 is 2.24 bits per heavy atom. The Bertz CT molecular complexity index is 1740. The molecular formula is C38H39N3O4. The van der Waals surface area contributed by atoms with Crippen molar-refractivity contribution in [3.63, 3.8) is 0 Å². The highest BCUT2D eigenvalue weighted by Gasteiger charge is 2.48. The summed E-state index contributed by atoms with van der Waals surface area (Å²) in [5.41, 5.74) is 1.76. The highest BCUT2D eigenvalue weighted by Crippen LogP contribution is 2.42. The average Bonchev–Trinajstić information content (AvgIpc) is 3.74. The number of hydrogen-bond acceptors (Lipinski definition) is 4. The molecule has 0 heterocycles. The molecule has 2 N–H and O–H groups in total. The summed E-state index contributed by atoms with van der Waals surface area (Å²) in [7, 11) is 0. The molecule has 1 fully saturated rings. The Morgan fingerprint density at radius 2 is 1.58 bits per heavy atom. The van der Waals surface area contributed by atoms with E-state index < -0.39 is 29.7 Å². The van der Waals surface area contributed by atoms with Crippen LogP contribution in [0, 0.1) is 18.3 Å². The van der Waals surface area contributed by atoms with E-state index in [1.54, 1.807) is 37.8 Å². The van der Waals surface area contributed by atoms with Gasteiger partial charge in [0.2, 0.25) is 5.91 Å². The van der Waals surface area contributed by atoms with Crippen molar-refractivity contribution >= 4 is 34.4 Å². The number of hydrogen-bond donors (Lipinski definition) is 2. The second-order valence-corrected chi connectivity index (χ2v) is 12.6. The van der Waals surface area contributed by atoms with Gasteiger partial charge in [-0.25, -0.2) is 4.79 Å². The van der Waals surface area contributed by atoms with Gasteiger partial charge in [-0.3, -0.25) is 9.59 Å². The molecule has 4 aromatic rings. The van der Waals surface area contributed by atoms with Crippen LogP contribution < -0.4 is 10.6 Å². The molecule has 4 unspecified atom stereocenters. The third-order valence-corrected chi connectivity index (χ3v) is 7.90. The number of amides is 3. The summed E-state index contributed by atoms with van der Waals surface area (Å²) in [5.74, 6) is 2.08. The van der Waals surface area contributed by atoms with Gasteiger partial charge in [-0.2, -0.15) is 0 Å². The lowest BCUT2D eigenvalue weighted by Crippen LogP contribution is -2.54. The summed E-state index contributed by atoms with van der Waals surface area (Å²) >= 11 is 0. The van der Waals surface area contributed by atoms with E-state index in [-0.39, 0.29) is 24.3 Å². The number of fused-ring (bicyclic) bond motifs is 1. The van der Waals surface area contributed by atoms with E-state index in [0.717, 1.165) is 16.3 Å². The molecule has 5 rings (SSSR count). The van der Waals surface area contributed by atoms with Crippen molar-refractivity contribution in [2.75, 3.05) is 5.32 Å². The number of nitrogens with zero attached hydrogens (tertiary/aromatic N) is 1. The van der Waals surface area contributed by atoms with Gasteiger partial charge >= 0.3 is 6.09 Å². The van der Waals surface area contributed by atoms with Gasteiger partial charge in [0, 0.05) is 23.7 Å². The van der Waals surface area contributed by atoms with Gasteiger partial charge in [-0.05, 0) is 73.2 Å². The first-order chi connectivity index (χ1) is 21.5. The maximum atomic E-state index is 14.7. The fourth-order valence-corrected chi connectivity index (χ4v) is 5.61. The minimum atomic E-state index is -1.05. The molecule has 7 nitrogen and oxygen atoms in total. The van der Waals surface area contributed by atoms with Gasteiger partial charge in [0.1, 0.15) is 17.7 Å².